The summed E-state index contributed by atoms with van der Waals surface area (Å²) < 4.78 is 0. The summed E-state index contributed by atoms with van der Waals surface area (Å²) in [6, 6.07) is 29.7. The molecule has 220 valence electrons. The van der Waals surface area contributed by atoms with Crippen molar-refractivity contribution in [3.05, 3.63) is 148 Å². The number of benzene rings is 3. The minimum absolute atomic E-state index is 0.0389. The summed E-state index contributed by atoms with van der Waals surface area (Å²) in [6.45, 7) is 3.40. The molecule has 6 rings (SSSR count). The SMILES string of the molecule is Cc1nc(C=CC(=O)N(Cc2ccc(-c3ccncc3)cc2)[C@@H](Cc2ccccc2)C(=O)N2CCc3ccccc3C2)cs1. The first kappa shape index (κ1) is 29.2. The van der Waals surface area contributed by atoms with Crippen LogP contribution in [0, 0.1) is 6.92 Å². The number of hydrogen-bond acceptors (Lipinski definition) is 5. The van der Waals surface area contributed by atoms with Gasteiger partial charge in [-0.1, -0.05) is 78.9 Å². The number of pyridine rings is 1. The lowest BCUT2D eigenvalue weighted by atomic mass is 9.97. The van der Waals surface area contributed by atoms with Crippen molar-refractivity contribution >= 4 is 29.2 Å². The van der Waals surface area contributed by atoms with Crippen LogP contribution in [0.2, 0.25) is 0 Å². The summed E-state index contributed by atoms with van der Waals surface area (Å²) in [7, 11) is 0. The van der Waals surface area contributed by atoms with E-state index in [1.54, 1.807) is 40.8 Å². The Hall–Kier alpha value is -4.88. The Kier molecular flexibility index (Phi) is 9.03. The van der Waals surface area contributed by atoms with Crippen molar-refractivity contribution in [3.8, 4) is 11.1 Å². The molecule has 0 saturated carbocycles. The van der Waals surface area contributed by atoms with Crippen molar-refractivity contribution < 1.29 is 9.59 Å². The van der Waals surface area contributed by atoms with E-state index >= 15 is 0 Å². The molecule has 44 heavy (non-hydrogen) atoms. The highest BCUT2D eigenvalue weighted by molar-refractivity contribution is 7.09. The fourth-order valence-corrected chi connectivity index (χ4v) is 6.24. The molecule has 0 spiro atoms. The third-order valence-corrected chi connectivity index (χ3v) is 8.80. The lowest BCUT2D eigenvalue weighted by Crippen LogP contribution is -2.52. The van der Waals surface area contributed by atoms with Crippen LogP contribution in [0.4, 0.5) is 0 Å². The Balaban J connectivity index is 1.34. The van der Waals surface area contributed by atoms with Crippen molar-refractivity contribution in [2.45, 2.75) is 38.9 Å². The summed E-state index contributed by atoms with van der Waals surface area (Å²) in [4.78, 5) is 40.8. The maximum Gasteiger partial charge on any atom is 0.247 e. The van der Waals surface area contributed by atoms with Crippen LogP contribution in [0.25, 0.3) is 17.2 Å². The molecule has 0 aliphatic carbocycles. The Morgan fingerprint density at radius 2 is 1.59 bits per heavy atom. The number of carbonyl (C=O) groups excluding carboxylic acids is 2. The van der Waals surface area contributed by atoms with Crippen molar-refractivity contribution in [3.63, 3.8) is 0 Å². The van der Waals surface area contributed by atoms with Gasteiger partial charge in [-0.05, 0) is 64.9 Å². The fourth-order valence-electron chi connectivity index (χ4n) is 5.66. The molecular weight excluding hydrogens is 565 g/mol. The minimum Gasteiger partial charge on any atom is -0.336 e. The maximum atomic E-state index is 14.5. The third kappa shape index (κ3) is 7.01. The number of nitrogens with zero attached hydrogens (tertiary/aromatic N) is 4. The van der Waals surface area contributed by atoms with Gasteiger partial charge in [0.25, 0.3) is 0 Å². The molecule has 3 heterocycles. The van der Waals surface area contributed by atoms with Crippen LogP contribution in [-0.2, 0) is 35.5 Å². The van der Waals surface area contributed by atoms with Gasteiger partial charge in [0.15, 0.2) is 0 Å². The monoisotopic (exact) mass is 598 g/mol. The number of amides is 2. The van der Waals surface area contributed by atoms with Gasteiger partial charge >= 0.3 is 0 Å². The van der Waals surface area contributed by atoms with E-state index in [1.165, 1.54) is 5.56 Å². The van der Waals surface area contributed by atoms with E-state index in [2.05, 4.69) is 34.2 Å². The topological polar surface area (TPSA) is 66.4 Å². The van der Waals surface area contributed by atoms with Gasteiger partial charge in [-0.25, -0.2) is 4.98 Å². The van der Waals surface area contributed by atoms with Crippen LogP contribution < -0.4 is 0 Å². The molecule has 0 radical (unpaired) electrons. The van der Waals surface area contributed by atoms with E-state index in [9.17, 15) is 9.59 Å². The first-order valence-corrected chi connectivity index (χ1v) is 15.7. The van der Waals surface area contributed by atoms with Crippen LogP contribution in [0.5, 0.6) is 0 Å². The molecule has 2 amide bonds. The molecule has 7 heteroatoms. The molecule has 3 aromatic carbocycles. The fraction of sp³-hybridized carbons (Fsp3) is 0.189. The Morgan fingerprint density at radius 1 is 0.886 bits per heavy atom. The zero-order valence-corrected chi connectivity index (χ0v) is 25.5. The number of hydrogen-bond donors (Lipinski definition) is 0. The minimum atomic E-state index is -0.683. The zero-order chi connectivity index (χ0) is 30.3. The number of carbonyl (C=O) groups is 2. The van der Waals surface area contributed by atoms with Crippen LogP contribution in [0.3, 0.4) is 0 Å². The van der Waals surface area contributed by atoms with Gasteiger partial charge in [-0.15, -0.1) is 11.3 Å². The number of fused-ring (bicyclic) bond motifs is 1. The van der Waals surface area contributed by atoms with Crippen molar-refractivity contribution in [1.29, 1.82) is 0 Å². The van der Waals surface area contributed by atoms with Gasteiger partial charge in [0.05, 0.1) is 10.7 Å². The molecular formula is C37H34N4O2S. The van der Waals surface area contributed by atoms with Crippen LogP contribution >= 0.6 is 11.3 Å². The average Bonchev–Trinajstić information content (AvgIpc) is 3.50. The van der Waals surface area contributed by atoms with Crippen molar-refractivity contribution in [2.24, 2.45) is 0 Å². The largest absolute Gasteiger partial charge is 0.336 e. The van der Waals surface area contributed by atoms with Crippen LogP contribution in [-0.4, -0.2) is 44.2 Å². The normalized spacial score (nSPS) is 13.4. The molecule has 1 aliphatic heterocycles. The number of aromatic nitrogens is 2. The molecule has 5 aromatic rings. The maximum absolute atomic E-state index is 14.5. The summed E-state index contributed by atoms with van der Waals surface area (Å²) in [5, 5.41) is 2.87. The predicted molar refractivity (Wildman–Crippen MR) is 176 cm³/mol. The molecule has 1 atom stereocenters. The van der Waals surface area contributed by atoms with Crippen molar-refractivity contribution in [1.82, 2.24) is 19.8 Å². The highest BCUT2D eigenvalue weighted by Crippen LogP contribution is 2.24. The molecule has 2 aromatic heterocycles. The first-order chi connectivity index (χ1) is 21.5. The van der Waals surface area contributed by atoms with Gasteiger partial charge in [0.2, 0.25) is 11.8 Å². The second-order valence-electron chi connectivity index (χ2n) is 11.0. The van der Waals surface area contributed by atoms with E-state index in [-0.39, 0.29) is 11.8 Å². The zero-order valence-electron chi connectivity index (χ0n) is 24.7. The van der Waals surface area contributed by atoms with E-state index in [4.69, 9.17) is 0 Å². The molecule has 0 saturated heterocycles. The lowest BCUT2D eigenvalue weighted by molar-refractivity contribution is -0.144. The van der Waals surface area contributed by atoms with Gasteiger partial charge < -0.3 is 9.80 Å². The third-order valence-electron chi connectivity index (χ3n) is 8.01. The van der Waals surface area contributed by atoms with Crippen LogP contribution in [0.1, 0.15) is 33.0 Å². The van der Waals surface area contributed by atoms with E-state index in [0.29, 0.717) is 26.1 Å². The second kappa shape index (κ2) is 13.6. The molecule has 0 bridgehead atoms. The first-order valence-electron chi connectivity index (χ1n) is 14.8. The summed E-state index contributed by atoms with van der Waals surface area (Å²) >= 11 is 1.54. The molecule has 6 nitrogen and oxygen atoms in total. The molecule has 0 fully saturated rings. The number of rotatable bonds is 9. The standard InChI is InChI=1S/C37H34N4O2S/c1-27-39-34(26-44-27)15-16-36(42)41(24-29-11-13-31(14-12-29)32-17-20-38-21-18-32)35(23-28-7-3-2-4-8-28)37(43)40-22-19-30-9-5-6-10-33(30)25-40/h2-18,20-21,26,35H,19,22-25H2,1H3/t35-/m0/s1. The smallest absolute Gasteiger partial charge is 0.247 e. The highest BCUT2D eigenvalue weighted by atomic mass is 32.1. The highest BCUT2D eigenvalue weighted by Gasteiger charge is 2.34. The average molecular weight is 599 g/mol. The Bertz CT molecular complexity index is 1750. The summed E-state index contributed by atoms with van der Waals surface area (Å²) in [6.07, 6.45) is 8.07. The van der Waals surface area contributed by atoms with E-state index in [0.717, 1.165) is 44.9 Å². The van der Waals surface area contributed by atoms with E-state index < -0.39 is 6.04 Å². The van der Waals surface area contributed by atoms with Gasteiger partial charge in [0, 0.05) is 49.9 Å². The van der Waals surface area contributed by atoms with E-state index in [1.807, 2.05) is 83.9 Å². The molecule has 0 unspecified atom stereocenters. The molecule has 1 aliphatic rings. The number of thiazole rings is 1. The Labute approximate surface area is 262 Å². The predicted octanol–water partition coefficient (Wildman–Crippen LogP) is 6.75. The van der Waals surface area contributed by atoms with Gasteiger partial charge in [-0.3, -0.25) is 14.6 Å². The van der Waals surface area contributed by atoms with Gasteiger partial charge in [-0.2, -0.15) is 0 Å². The quantitative estimate of drug-likeness (QED) is 0.176. The lowest BCUT2D eigenvalue weighted by Gasteiger charge is -2.37. The van der Waals surface area contributed by atoms with Crippen LogP contribution in [0.15, 0.2) is 115 Å². The second-order valence-corrected chi connectivity index (χ2v) is 12.1. The van der Waals surface area contributed by atoms with Crippen molar-refractivity contribution in [2.75, 3.05) is 6.54 Å². The number of aryl methyl sites for hydroxylation is 1. The summed E-state index contributed by atoms with van der Waals surface area (Å²) in [5.41, 5.74) is 7.27. The van der Waals surface area contributed by atoms with Gasteiger partial charge in [0.1, 0.15) is 6.04 Å². The summed E-state index contributed by atoms with van der Waals surface area (Å²) in [5.74, 6) is -0.261. The molecule has 0 N–H and O–H groups in total. The Morgan fingerprint density at radius 3 is 2.32 bits per heavy atom.